The first-order chi connectivity index (χ1) is 12.9. The van der Waals surface area contributed by atoms with Crippen molar-refractivity contribution in [2.24, 2.45) is 4.99 Å². The van der Waals surface area contributed by atoms with Crippen molar-refractivity contribution in [2.75, 3.05) is 19.6 Å². The Bertz CT molecular complexity index is 719. The average molecular weight is 400 g/mol. The summed E-state index contributed by atoms with van der Waals surface area (Å²) in [5.74, 6) is 1.37. The number of benzene rings is 1. The number of para-hydroxylation sites is 1. The van der Waals surface area contributed by atoms with Gasteiger partial charge in [-0.2, -0.15) is 13.2 Å². The molecular weight excluding hydrogens is 377 g/mol. The molecule has 0 bridgehead atoms. The minimum Gasteiger partial charge on any atom is -0.489 e. The average Bonchev–Trinajstić information content (AvgIpc) is 3.10. The van der Waals surface area contributed by atoms with Crippen LogP contribution in [-0.4, -0.2) is 36.7 Å². The number of ether oxygens (including phenoxy) is 1. The third-order valence-electron chi connectivity index (χ3n) is 3.40. The molecule has 1 unspecified atom stereocenters. The standard InChI is InChI=1S/C18H23F3N4OS/c1-3-22-17(24-11-13(2)26-14-7-5-4-6-8-14)23-10-9-16-25-15(12-27-16)18(19,20)21/h4-8,12-13H,3,9-11H2,1-2H3,(H2,22,23,24). The van der Waals surface area contributed by atoms with Crippen molar-refractivity contribution in [1.82, 2.24) is 15.6 Å². The van der Waals surface area contributed by atoms with Gasteiger partial charge in [-0.1, -0.05) is 18.2 Å². The van der Waals surface area contributed by atoms with Crippen LogP contribution in [0.5, 0.6) is 5.75 Å². The number of rotatable bonds is 8. The summed E-state index contributed by atoms with van der Waals surface area (Å²) in [4.78, 5) is 8.08. The van der Waals surface area contributed by atoms with Crippen LogP contribution in [0.15, 0.2) is 40.7 Å². The minimum absolute atomic E-state index is 0.115. The van der Waals surface area contributed by atoms with E-state index in [-0.39, 0.29) is 6.10 Å². The summed E-state index contributed by atoms with van der Waals surface area (Å²) in [6.45, 7) is 5.42. The molecule has 0 aliphatic heterocycles. The quantitative estimate of drug-likeness (QED) is 0.524. The highest BCUT2D eigenvalue weighted by Crippen LogP contribution is 2.29. The SMILES string of the molecule is CCNC(=NCC(C)Oc1ccccc1)NCCc1nc(C(F)(F)F)cs1. The van der Waals surface area contributed by atoms with Crippen molar-refractivity contribution in [3.8, 4) is 5.75 Å². The third-order valence-corrected chi connectivity index (χ3v) is 4.31. The fourth-order valence-corrected chi connectivity index (χ4v) is 2.98. The summed E-state index contributed by atoms with van der Waals surface area (Å²) < 4.78 is 43.5. The van der Waals surface area contributed by atoms with Gasteiger partial charge in [-0.15, -0.1) is 11.3 Å². The van der Waals surface area contributed by atoms with E-state index >= 15 is 0 Å². The summed E-state index contributed by atoms with van der Waals surface area (Å²) >= 11 is 1.01. The minimum atomic E-state index is -4.40. The van der Waals surface area contributed by atoms with E-state index in [2.05, 4.69) is 20.6 Å². The molecule has 1 aromatic heterocycles. The first-order valence-electron chi connectivity index (χ1n) is 8.64. The van der Waals surface area contributed by atoms with Gasteiger partial charge in [0.1, 0.15) is 11.9 Å². The molecule has 0 radical (unpaired) electrons. The molecule has 2 N–H and O–H groups in total. The summed E-state index contributed by atoms with van der Waals surface area (Å²) in [5.41, 5.74) is -0.838. The number of halogens is 3. The topological polar surface area (TPSA) is 58.5 Å². The maximum atomic E-state index is 12.6. The second-order valence-electron chi connectivity index (χ2n) is 5.76. The van der Waals surface area contributed by atoms with Crippen LogP contribution in [0.25, 0.3) is 0 Å². The molecule has 0 spiro atoms. The van der Waals surface area contributed by atoms with E-state index in [4.69, 9.17) is 4.74 Å². The Morgan fingerprint density at radius 2 is 2.00 bits per heavy atom. The zero-order valence-electron chi connectivity index (χ0n) is 15.2. The van der Waals surface area contributed by atoms with E-state index in [9.17, 15) is 13.2 Å². The van der Waals surface area contributed by atoms with Gasteiger partial charge in [0.2, 0.25) is 0 Å². The lowest BCUT2D eigenvalue weighted by Crippen LogP contribution is -2.39. The van der Waals surface area contributed by atoms with Crippen LogP contribution in [0.3, 0.4) is 0 Å². The fourth-order valence-electron chi connectivity index (χ4n) is 2.17. The fraction of sp³-hybridized carbons (Fsp3) is 0.444. The molecule has 0 saturated heterocycles. The van der Waals surface area contributed by atoms with Gasteiger partial charge in [0.15, 0.2) is 11.7 Å². The Kier molecular flexibility index (Phi) is 7.90. The smallest absolute Gasteiger partial charge is 0.434 e. The van der Waals surface area contributed by atoms with Crippen LogP contribution in [0, 0.1) is 0 Å². The van der Waals surface area contributed by atoms with Gasteiger partial charge in [-0.25, -0.2) is 9.98 Å². The van der Waals surface area contributed by atoms with Crippen LogP contribution in [0.1, 0.15) is 24.5 Å². The Labute approximate surface area is 160 Å². The molecule has 9 heteroatoms. The zero-order valence-corrected chi connectivity index (χ0v) is 16.0. The molecule has 148 valence electrons. The van der Waals surface area contributed by atoms with Crippen LogP contribution in [0.2, 0.25) is 0 Å². The van der Waals surface area contributed by atoms with Gasteiger partial charge in [0.05, 0.1) is 11.6 Å². The van der Waals surface area contributed by atoms with E-state index in [0.29, 0.717) is 37.0 Å². The van der Waals surface area contributed by atoms with Crippen LogP contribution in [-0.2, 0) is 12.6 Å². The monoisotopic (exact) mass is 400 g/mol. The molecule has 0 aliphatic carbocycles. The first-order valence-corrected chi connectivity index (χ1v) is 9.52. The number of aliphatic imine (C=N–C) groups is 1. The van der Waals surface area contributed by atoms with E-state index < -0.39 is 11.9 Å². The highest BCUT2D eigenvalue weighted by atomic mass is 32.1. The Morgan fingerprint density at radius 3 is 2.63 bits per heavy atom. The zero-order chi connectivity index (χ0) is 19.7. The normalized spacial score (nSPS) is 13.3. The Hall–Kier alpha value is -2.29. The van der Waals surface area contributed by atoms with Crippen LogP contribution < -0.4 is 15.4 Å². The van der Waals surface area contributed by atoms with Gasteiger partial charge in [-0.05, 0) is 26.0 Å². The second-order valence-corrected chi connectivity index (χ2v) is 6.70. The molecule has 0 fully saturated rings. The molecule has 27 heavy (non-hydrogen) atoms. The predicted octanol–water partition coefficient (Wildman–Crippen LogP) is 3.73. The molecule has 1 heterocycles. The van der Waals surface area contributed by atoms with Crippen molar-refractivity contribution in [1.29, 1.82) is 0 Å². The number of hydrogen-bond donors (Lipinski definition) is 2. The molecule has 1 atom stereocenters. The molecule has 1 aromatic carbocycles. The first kappa shape index (κ1) is 21.0. The number of thiazole rings is 1. The summed E-state index contributed by atoms with van der Waals surface area (Å²) in [5, 5.41) is 7.68. The van der Waals surface area contributed by atoms with Crippen molar-refractivity contribution in [2.45, 2.75) is 32.5 Å². The molecule has 2 aromatic rings. The molecule has 0 aliphatic rings. The number of nitrogens with one attached hydrogen (secondary N) is 2. The molecule has 2 rings (SSSR count). The summed E-state index contributed by atoms with van der Waals surface area (Å²) in [6, 6.07) is 9.49. The summed E-state index contributed by atoms with van der Waals surface area (Å²) in [6.07, 6.45) is -4.12. The Morgan fingerprint density at radius 1 is 1.26 bits per heavy atom. The largest absolute Gasteiger partial charge is 0.489 e. The van der Waals surface area contributed by atoms with Crippen LogP contribution in [0.4, 0.5) is 13.2 Å². The second kappa shape index (κ2) is 10.1. The molecule has 5 nitrogen and oxygen atoms in total. The van der Waals surface area contributed by atoms with E-state index in [0.717, 1.165) is 22.5 Å². The Balaban J connectivity index is 1.81. The lowest BCUT2D eigenvalue weighted by Gasteiger charge is -2.15. The highest BCUT2D eigenvalue weighted by molar-refractivity contribution is 7.09. The summed E-state index contributed by atoms with van der Waals surface area (Å²) in [7, 11) is 0. The molecule has 0 amide bonds. The highest BCUT2D eigenvalue weighted by Gasteiger charge is 2.33. The van der Waals surface area contributed by atoms with Gasteiger partial charge < -0.3 is 15.4 Å². The number of hydrogen-bond acceptors (Lipinski definition) is 4. The van der Waals surface area contributed by atoms with Crippen molar-refractivity contribution in [3.05, 3.63) is 46.4 Å². The maximum absolute atomic E-state index is 12.6. The van der Waals surface area contributed by atoms with E-state index in [1.165, 1.54) is 0 Å². The lowest BCUT2D eigenvalue weighted by molar-refractivity contribution is -0.140. The van der Waals surface area contributed by atoms with Gasteiger partial charge in [0.25, 0.3) is 0 Å². The van der Waals surface area contributed by atoms with Crippen LogP contribution >= 0.6 is 11.3 Å². The van der Waals surface area contributed by atoms with Gasteiger partial charge >= 0.3 is 6.18 Å². The predicted molar refractivity (Wildman–Crippen MR) is 101 cm³/mol. The number of alkyl halides is 3. The van der Waals surface area contributed by atoms with E-state index in [1.54, 1.807) is 0 Å². The lowest BCUT2D eigenvalue weighted by atomic mass is 10.3. The molecule has 0 saturated carbocycles. The third kappa shape index (κ3) is 7.46. The van der Waals surface area contributed by atoms with E-state index in [1.807, 2.05) is 44.2 Å². The number of nitrogens with zero attached hydrogens (tertiary/aromatic N) is 2. The van der Waals surface area contributed by atoms with Gasteiger partial charge in [0, 0.05) is 24.9 Å². The van der Waals surface area contributed by atoms with Gasteiger partial charge in [-0.3, -0.25) is 0 Å². The van der Waals surface area contributed by atoms with Crippen molar-refractivity contribution >= 4 is 17.3 Å². The number of guanidine groups is 1. The molecular formula is C18H23F3N4OS. The maximum Gasteiger partial charge on any atom is 0.434 e. The van der Waals surface area contributed by atoms with Crippen molar-refractivity contribution in [3.63, 3.8) is 0 Å². The number of aromatic nitrogens is 1. The van der Waals surface area contributed by atoms with Crippen molar-refractivity contribution < 1.29 is 17.9 Å².